The maximum absolute atomic E-state index is 14.4. The van der Waals surface area contributed by atoms with Gasteiger partial charge in [0, 0.05) is 34.2 Å². The SMILES string of the molecule is C=CC(c1cc2ccc(Cl)cc2s1)S(=O)(=O)C1(N2CCNCC2(C)C=O)CCNCC1. The van der Waals surface area contributed by atoms with Crippen molar-refractivity contribution in [1.29, 1.82) is 0 Å². The lowest BCUT2D eigenvalue weighted by Gasteiger charge is -2.54. The highest BCUT2D eigenvalue weighted by atomic mass is 35.5. The first-order valence-corrected chi connectivity index (χ1v) is 13.2. The molecule has 1 aromatic carbocycles. The van der Waals surface area contributed by atoms with Gasteiger partial charge in [-0.1, -0.05) is 23.7 Å². The number of hydrogen-bond donors (Lipinski definition) is 2. The number of rotatable bonds is 6. The van der Waals surface area contributed by atoms with Gasteiger partial charge in [0.05, 0.1) is 5.54 Å². The molecule has 168 valence electrons. The Bertz CT molecular complexity index is 1090. The van der Waals surface area contributed by atoms with Crippen LogP contribution in [-0.2, 0) is 14.6 Å². The fraction of sp³-hybridized carbons (Fsp3) is 0.500. The van der Waals surface area contributed by atoms with E-state index in [1.807, 2.05) is 36.1 Å². The number of hydrogen-bond acceptors (Lipinski definition) is 7. The van der Waals surface area contributed by atoms with E-state index in [0.29, 0.717) is 50.6 Å². The molecule has 4 rings (SSSR count). The highest BCUT2D eigenvalue weighted by Crippen LogP contribution is 2.46. The van der Waals surface area contributed by atoms with Crippen molar-refractivity contribution in [3.05, 3.63) is 46.8 Å². The van der Waals surface area contributed by atoms with Gasteiger partial charge in [-0.3, -0.25) is 4.90 Å². The molecule has 0 saturated carbocycles. The Balaban J connectivity index is 1.84. The predicted molar refractivity (Wildman–Crippen MR) is 128 cm³/mol. The van der Waals surface area contributed by atoms with Gasteiger partial charge in [0.1, 0.15) is 16.4 Å². The highest BCUT2D eigenvalue weighted by molar-refractivity contribution is 7.93. The van der Waals surface area contributed by atoms with Crippen LogP contribution in [0, 0.1) is 0 Å². The average molecular weight is 482 g/mol. The van der Waals surface area contributed by atoms with Crippen molar-refractivity contribution in [2.45, 2.75) is 35.4 Å². The first-order valence-electron chi connectivity index (χ1n) is 10.5. The fourth-order valence-corrected chi connectivity index (χ4v) is 9.31. The summed E-state index contributed by atoms with van der Waals surface area (Å²) in [6.45, 7) is 8.49. The molecule has 0 radical (unpaired) electrons. The Hall–Kier alpha value is -1.29. The molecule has 2 unspecified atom stereocenters. The number of thiophene rings is 1. The number of nitrogens with one attached hydrogen (secondary N) is 2. The molecule has 2 N–H and O–H groups in total. The molecule has 2 atom stereocenters. The van der Waals surface area contributed by atoms with Crippen LogP contribution in [0.25, 0.3) is 10.1 Å². The third-order valence-electron chi connectivity index (χ3n) is 6.60. The molecule has 2 fully saturated rings. The van der Waals surface area contributed by atoms with Crippen LogP contribution in [0.1, 0.15) is 29.9 Å². The molecule has 2 saturated heterocycles. The lowest BCUT2D eigenvalue weighted by molar-refractivity contribution is -0.122. The second-order valence-electron chi connectivity index (χ2n) is 8.53. The number of benzene rings is 1. The van der Waals surface area contributed by atoms with Gasteiger partial charge in [-0.05, 0) is 56.4 Å². The van der Waals surface area contributed by atoms with E-state index in [1.165, 1.54) is 17.4 Å². The maximum Gasteiger partial charge on any atom is 0.180 e. The Morgan fingerprint density at radius 1 is 1.23 bits per heavy atom. The Morgan fingerprint density at radius 3 is 2.65 bits per heavy atom. The van der Waals surface area contributed by atoms with Crippen molar-refractivity contribution < 1.29 is 13.2 Å². The lowest BCUT2D eigenvalue weighted by Crippen LogP contribution is -2.72. The summed E-state index contributed by atoms with van der Waals surface area (Å²) in [5.41, 5.74) is -0.887. The molecular formula is C22H28ClN3O3S2. The average Bonchev–Trinajstić information content (AvgIpc) is 3.17. The summed E-state index contributed by atoms with van der Waals surface area (Å²) >= 11 is 7.57. The molecule has 9 heteroatoms. The van der Waals surface area contributed by atoms with Crippen molar-refractivity contribution in [2.24, 2.45) is 0 Å². The van der Waals surface area contributed by atoms with Gasteiger partial charge in [-0.15, -0.1) is 17.9 Å². The molecule has 0 amide bonds. The molecule has 2 aliphatic rings. The number of nitrogens with zero attached hydrogens (tertiary/aromatic N) is 1. The zero-order valence-corrected chi connectivity index (χ0v) is 20.0. The number of carbonyl (C=O) groups excluding carboxylic acids is 1. The van der Waals surface area contributed by atoms with Gasteiger partial charge >= 0.3 is 0 Å². The largest absolute Gasteiger partial charge is 0.317 e. The zero-order valence-electron chi connectivity index (χ0n) is 17.6. The molecule has 2 aromatic rings. The van der Waals surface area contributed by atoms with Crippen molar-refractivity contribution in [2.75, 3.05) is 32.7 Å². The molecule has 0 bridgehead atoms. The molecule has 2 aliphatic heterocycles. The normalized spacial score (nSPS) is 25.9. The van der Waals surface area contributed by atoms with Crippen molar-refractivity contribution in [3.8, 4) is 0 Å². The molecule has 0 spiro atoms. The molecule has 1 aromatic heterocycles. The third-order valence-corrected chi connectivity index (χ3v) is 11.0. The van der Waals surface area contributed by atoms with Crippen LogP contribution in [0.5, 0.6) is 0 Å². The van der Waals surface area contributed by atoms with E-state index in [9.17, 15) is 13.2 Å². The minimum absolute atomic E-state index is 0.430. The Kier molecular flexibility index (Phi) is 6.33. The number of piperidine rings is 1. The minimum Gasteiger partial charge on any atom is -0.317 e. The number of halogens is 1. The second kappa shape index (κ2) is 8.57. The van der Waals surface area contributed by atoms with E-state index in [1.54, 1.807) is 0 Å². The van der Waals surface area contributed by atoms with Crippen molar-refractivity contribution >= 4 is 49.1 Å². The molecule has 3 heterocycles. The van der Waals surface area contributed by atoms with E-state index in [-0.39, 0.29) is 0 Å². The van der Waals surface area contributed by atoms with Crippen LogP contribution in [0.15, 0.2) is 36.9 Å². The Labute approximate surface area is 192 Å². The summed E-state index contributed by atoms with van der Waals surface area (Å²) in [5.74, 6) is 0. The van der Waals surface area contributed by atoms with Crippen LogP contribution in [0.4, 0.5) is 0 Å². The first kappa shape index (κ1) is 22.9. The van der Waals surface area contributed by atoms with E-state index in [2.05, 4.69) is 17.2 Å². The molecule has 31 heavy (non-hydrogen) atoms. The van der Waals surface area contributed by atoms with Gasteiger partial charge < -0.3 is 15.4 Å². The number of sulfone groups is 1. The second-order valence-corrected chi connectivity index (χ2v) is 12.4. The van der Waals surface area contributed by atoms with E-state index in [4.69, 9.17) is 11.6 Å². The van der Waals surface area contributed by atoms with Crippen molar-refractivity contribution in [3.63, 3.8) is 0 Å². The van der Waals surface area contributed by atoms with Gasteiger partial charge in [-0.25, -0.2) is 8.42 Å². The predicted octanol–water partition coefficient (Wildman–Crippen LogP) is 3.14. The van der Waals surface area contributed by atoms with E-state index >= 15 is 0 Å². The minimum atomic E-state index is -3.77. The molecular weight excluding hydrogens is 454 g/mol. The number of fused-ring (bicyclic) bond motifs is 1. The van der Waals surface area contributed by atoms with Gasteiger partial charge in [0.15, 0.2) is 9.84 Å². The van der Waals surface area contributed by atoms with E-state index in [0.717, 1.165) is 21.2 Å². The van der Waals surface area contributed by atoms with Crippen LogP contribution in [0.3, 0.4) is 0 Å². The summed E-state index contributed by atoms with van der Waals surface area (Å²) in [6.07, 6.45) is 3.29. The monoisotopic (exact) mass is 481 g/mol. The topological polar surface area (TPSA) is 78.5 Å². The first-order chi connectivity index (χ1) is 14.8. The summed E-state index contributed by atoms with van der Waals surface area (Å²) in [7, 11) is -3.77. The van der Waals surface area contributed by atoms with Gasteiger partial charge in [0.2, 0.25) is 0 Å². The third kappa shape index (κ3) is 3.77. The highest BCUT2D eigenvalue weighted by Gasteiger charge is 2.57. The van der Waals surface area contributed by atoms with Crippen molar-refractivity contribution in [1.82, 2.24) is 15.5 Å². The van der Waals surface area contributed by atoms with Crippen LogP contribution >= 0.6 is 22.9 Å². The molecule has 0 aliphatic carbocycles. The summed E-state index contributed by atoms with van der Waals surface area (Å²) in [4.78, 5) is 13.7. The maximum atomic E-state index is 14.4. The zero-order chi connectivity index (χ0) is 22.3. The smallest absolute Gasteiger partial charge is 0.180 e. The number of carbonyl (C=O) groups is 1. The fourth-order valence-electron chi connectivity index (χ4n) is 4.98. The van der Waals surface area contributed by atoms with Gasteiger partial charge in [0.25, 0.3) is 0 Å². The van der Waals surface area contributed by atoms with Gasteiger partial charge in [-0.2, -0.15) is 0 Å². The molecule has 6 nitrogen and oxygen atoms in total. The number of aldehydes is 1. The van der Waals surface area contributed by atoms with Crippen LogP contribution in [-0.4, -0.2) is 62.7 Å². The summed E-state index contributed by atoms with van der Waals surface area (Å²) < 4.78 is 29.7. The van der Waals surface area contributed by atoms with Crippen LogP contribution in [0.2, 0.25) is 5.02 Å². The standard InChI is InChI=1S/C22H28ClN3O3S2/c1-3-20(19-12-16-4-5-17(23)13-18(16)30-19)31(28,29)22(6-8-24-9-7-22)26-11-10-25-14-21(26,2)15-27/h3-5,12-13,15,20,24-25H,1,6-11,14H2,2H3. The summed E-state index contributed by atoms with van der Waals surface area (Å²) in [5, 5.41) is 7.27. The Morgan fingerprint density at radius 2 is 1.97 bits per heavy atom. The quantitative estimate of drug-likeness (QED) is 0.487. The van der Waals surface area contributed by atoms with Crippen LogP contribution < -0.4 is 10.6 Å². The summed E-state index contributed by atoms with van der Waals surface area (Å²) in [6, 6.07) is 7.50. The number of piperazine rings is 1. The lowest BCUT2D eigenvalue weighted by atomic mass is 9.92. The van der Waals surface area contributed by atoms with E-state index < -0.39 is 25.5 Å².